The highest BCUT2D eigenvalue weighted by atomic mass is 16.5. The van der Waals surface area contributed by atoms with Crippen LogP contribution in [0.2, 0.25) is 0 Å². The van der Waals surface area contributed by atoms with E-state index in [9.17, 15) is 5.11 Å². The van der Waals surface area contributed by atoms with Crippen molar-refractivity contribution in [1.29, 1.82) is 0 Å². The average molecular weight is 269 g/mol. The van der Waals surface area contributed by atoms with Gasteiger partial charge in [0.25, 0.3) is 0 Å². The maximum atomic E-state index is 10.3. The van der Waals surface area contributed by atoms with Gasteiger partial charge in [-0.1, -0.05) is 13.8 Å². The molecule has 0 aromatic carbocycles. The fourth-order valence-electron chi connectivity index (χ4n) is 3.66. The molecule has 3 heteroatoms. The molecule has 1 aliphatic heterocycles. The lowest BCUT2D eigenvalue weighted by atomic mass is 9.74. The largest absolute Gasteiger partial charge is 0.393 e. The Morgan fingerprint density at radius 1 is 1.32 bits per heavy atom. The fraction of sp³-hybridized carbons (Fsp3) is 1.00. The van der Waals surface area contributed by atoms with Crippen LogP contribution < -0.4 is 0 Å². The Hall–Kier alpha value is -0.120. The number of aliphatic hydroxyl groups excluding tert-OH is 1. The Morgan fingerprint density at radius 2 is 2.11 bits per heavy atom. The molecule has 0 aromatic rings. The maximum absolute atomic E-state index is 10.3. The van der Waals surface area contributed by atoms with E-state index >= 15 is 0 Å². The van der Waals surface area contributed by atoms with Gasteiger partial charge in [-0.25, -0.2) is 0 Å². The monoisotopic (exact) mass is 269 g/mol. The van der Waals surface area contributed by atoms with Gasteiger partial charge in [0, 0.05) is 26.2 Å². The van der Waals surface area contributed by atoms with Crippen LogP contribution in [0, 0.1) is 17.8 Å². The Kier molecular flexibility index (Phi) is 5.67. The Labute approximate surface area is 118 Å². The van der Waals surface area contributed by atoms with Crippen LogP contribution in [0.3, 0.4) is 0 Å². The van der Waals surface area contributed by atoms with E-state index in [1.807, 2.05) is 0 Å². The van der Waals surface area contributed by atoms with Crippen LogP contribution in [0.15, 0.2) is 0 Å². The van der Waals surface area contributed by atoms with Crippen LogP contribution in [-0.2, 0) is 4.74 Å². The van der Waals surface area contributed by atoms with Crippen molar-refractivity contribution in [3.63, 3.8) is 0 Å². The van der Waals surface area contributed by atoms with E-state index in [0.29, 0.717) is 12.0 Å². The molecule has 0 spiro atoms. The number of aliphatic hydroxyl groups is 1. The van der Waals surface area contributed by atoms with Crippen LogP contribution in [0.25, 0.3) is 0 Å². The molecule has 112 valence electrons. The van der Waals surface area contributed by atoms with Crippen molar-refractivity contribution in [3.05, 3.63) is 0 Å². The lowest BCUT2D eigenvalue weighted by molar-refractivity contribution is 0.0123. The van der Waals surface area contributed by atoms with Gasteiger partial charge in [-0.05, 0) is 50.4 Å². The number of nitrogens with zero attached hydrogens (tertiary/aromatic N) is 1. The first-order chi connectivity index (χ1) is 9.06. The molecule has 2 rings (SSSR count). The minimum atomic E-state index is -0.0884. The molecule has 2 aliphatic rings. The Morgan fingerprint density at radius 3 is 2.84 bits per heavy atom. The van der Waals surface area contributed by atoms with Crippen molar-refractivity contribution in [2.24, 2.45) is 17.8 Å². The Balaban J connectivity index is 1.88. The standard InChI is InChI=1S/C16H31NO2/c1-12(2)14-5-6-16(18)15(9-14)11-17-7-4-8-19-13(3)10-17/h12-16,18H,4-11H2,1-3H3. The summed E-state index contributed by atoms with van der Waals surface area (Å²) >= 11 is 0. The van der Waals surface area contributed by atoms with E-state index in [1.165, 1.54) is 12.8 Å². The van der Waals surface area contributed by atoms with E-state index in [4.69, 9.17) is 4.74 Å². The van der Waals surface area contributed by atoms with Gasteiger partial charge in [-0.2, -0.15) is 0 Å². The summed E-state index contributed by atoms with van der Waals surface area (Å²) in [4.78, 5) is 2.51. The molecule has 2 fully saturated rings. The van der Waals surface area contributed by atoms with E-state index in [2.05, 4.69) is 25.7 Å². The number of ether oxygens (including phenoxy) is 1. The average Bonchev–Trinajstić information content (AvgIpc) is 2.56. The van der Waals surface area contributed by atoms with Gasteiger partial charge < -0.3 is 14.7 Å². The SMILES string of the molecule is CC1CN(CC2CC(C(C)C)CCC2O)CCCO1. The second-order valence-electron chi connectivity index (χ2n) is 6.94. The minimum absolute atomic E-state index is 0.0884. The number of hydrogen-bond donors (Lipinski definition) is 1. The first kappa shape index (κ1) is 15.3. The van der Waals surface area contributed by atoms with Gasteiger partial charge in [0.1, 0.15) is 0 Å². The van der Waals surface area contributed by atoms with Crippen molar-refractivity contribution in [2.75, 3.05) is 26.2 Å². The van der Waals surface area contributed by atoms with Crippen molar-refractivity contribution >= 4 is 0 Å². The lowest BCUT2D eigenvalue weighted by Gasteiger charge is -2.38. The molecule has 1 saturated heterocycles. The molecular formula is C16H31NO2. The maximum Gasteiger partial charge on any atom is 0.0673 e. The minimum Gasteiger partial charge on any atom is -0.393 e. The first-order valence-electron chi connectivity index (χ1n) is 8.08. The zero-order valence-electron chi connectivity index (χ0n) is 12.8. The fourth-order valence-corrected chi connectivity index (χ4v) is 3.66. The summed E-state index contributed by atoms with van der Waals surface area (Å²) in [6.45, 7) is 10.9. The van der Waals surface area contributed by atoms with Crippen LogP contribution in [0.5, 0.6) is 0 Å². The van der Waals surface area contributed by atoms with E-state index in [0.717, 1.165) is 50.9 Å². The molecule has 4 atom stereocenters. The molecule has 3 nitrogen and oxygen atoms in total. The zero-order valence-corrected chi connectivity index (χ0v) is 12.8. The second kappa shape index (κ2) is 7.05. The first-order valence-corrected chi connectivity index (χ1v) is 8.08. The molecule has 1 saturated carbocycles. The van der Waals surface area contributed by atoms with E-state index < -0.39 is 0 Å². The van der Waals surface area contributed by atoms with Gasteiger partial charge in [0.2, 0.25) is 0 Å². The van der Waals surface area contributed by atoms with Crippen molar-refractivity contribution in [2.45, 2.75) is 58.7 Å². The summed E-state index contributed by atoms with van der Waals surface area (Å²) in [7, 11) is 0. The van der Waals surface area contributed by atoms with Gasteiger partial charge >= 0.3 is 0 Å². The molecule has 0 bridgehead atoms. The summed E-state index contributed by atoms with van der Waals surface area (Å²) in [5.74, 6) is 2.02. The third-order valence-corrected chi connectivity index (χ3v) is 4.95. The van der Waals surface area contributed by atoms with Gasteiger partial charge in [-0.3, -0.25) is 0 Å². The number of hydrogen-bond acceptors (Lipinski definition) is 3. The van der Waals surface area contributed by atoms with Crippen molar-refractivity contribution in [1.82, 2.24) is 4.90 Å². The van der Waals surface area contributed by atoms with Gasteiger partial charge in [0.05, 0.1) is 12.2 Å². The number of rotatable bonds is 3. The predicted molar refractivity (Wildman–Crippen MR) is 78.1 cm³/mol. The molecule has 0 radical (unpaired) electrons. The van der Waals surface area contributed by atoms with Crippen molar-refractivity contribution in [3.8, 4) is 0 Å². The normalized spacial score (nSPS) is 38.4. The highest BCUT2D eigenvalue weighted by Gasteiger charge is 2.32. The molecule has 19 heavy (non-hydrogen) atoms. The smallest absolute Gasteiger partial charge is 0.0673 e. The molecule has 4 unspecified atom stereocenters. The second-order valence-corrected chi connectivity index (χ2v) is 6.94. The van der Waals surface area contributed by atoms with Crippen LogP contribution in [0.1, 0.15) is 46.5 Å². The summed E-state index contributed by atoms with van der Waals surface area (Å²) in [6.07, 6.45) is 4.77. The molecule has 1 aliphatic carbocycles. The summed E-state index contributed by atoms with van der Waals surface area (Å²) in [5.41, 5.74) is 0. The van der Waals surface area contributed by atoms with Crippen LogP contribution in [0.4, 0.5) is 0 Å². The highest BCUT2D eigenvalue weighted by molar-refractivity contribution is 4.84. The molecule has 0 aromatic heterocycles. The quantitative estimate of drug-likeness (QED) is 0.854. The zero-order chi connectivity index (χ0) is 13.8. The molecule has 1 N–H and O–H groups in total. The Bertz CT molecular complexity index is 269. The highest BCUT2D eigenvalue weighted by Crippen LogP contribution is 2.34. The molecule has 0 amide bonds. The van der Waals surface area contributed by atoms with Gasteiger partial charge in [-0.15, -0.1) is 0 Å². The van der Waals surface area contributed by atoms with Crippen LogP contribution in [-0.4, -0.2) is 48.5 Å². The van der Waals surface area contributed by atoms with Crippen LogP contribution >= 0.6 is 0 Å². The predicted octanol–water partition coefficient (Wildman–Crippen LogP) is 2.53. The van der Waals surface area contributed by atoms with E-state index in [1.54, 1.807) is 0 Å². The van der Waals surface area contributed by atoms with Gasteiger partial charge in [0.15, 0.2) is 0 Å². The summed E-state index contributed by atoms with van der Waals surface area (Å²) < 4.78 is 5.70. The third kappa shape index (κ3) is 4.44. The molecular weight excluding hydrogens is 238 g/mol. The van der Waals surface area contributed by atoms with Crippen molar-refractivity contribution < 1.29 is 9.84 Å². The van der Waals surface area contributed by atoms with E-state index in [-0.39, 0.29) is 6.10 Å². The third-order valence-electron chi connectivity index (χ3n) is 4.95. The topological polar surface area (TPSA) is 32.7 Å². The molecule has 1 heterocycles. The summed E-state index contributed by atoms with van der Waals surface area (Å²) in [6, 6.07) is 0. The lowest BCUT2D eigenvalue weighted by Crippen LogP contribution is -2.41. The summed E-state index contributed by atoms with van der Waals surface area (Å²) in [5, 5.41) is 10.3.